The maximum atomic E-state index is 12.0. The van der Waals surface area contributed by atoms with Gasteiger partial charge in [-0.25, -0.2) is 4.79 Å². The van der Waals surface area contributed by atoms with Gasteiger partial charge in [-0.3, -0.25) is 0 Å². The SMILES string of the molecule is COc1ccc(COC(=O)N=C(N)c2ccc(OCc3cccc(CBr)c3)cc2)cc1. The number of carbonyl (C=O) groups is 1. The van der Waals surface area contributed by atoms with Crippen molar-refractivity contribution in [2.24, 2.45) is 10.7 Å². The Morgan fingerprint density at radius 1 is 0.903 bits per heavy atom. The number of aliphatic imine (C=N–C) groups is 1. The molecule has 0 unspecified atom stereocenters. The fourth-order valence-electron chi connectivity index (χ4n) is 2.75. The summed E-state index contributed by atoms with van der Waals surface area (Å²) >= 11 is 3.45. The van der Waals surface area contributed by atoms with Gasteiger partial charge in [0.1, 0.15) is 30.5 Å². The van der Waals surface area contributed by atoms with E-state index in [1.807, 2.05) is 24.3 Å². The Kier molecular flexibility index (Phi) is 8.06. The average molecular weight is 483 g/mol. The summed E-state index contributed by atoms with van der Waals surface area (Å²) < 4.78 is 16.1. The summed E-state index contributed by atoms with van der Waals surface area (Å²) in [7, 11) is 1.59. The van der Waals surface area contributed by atoms with E-state index in [1.165, 1.54) is 5.56 Å². The topological polar surface area (TPSA) is 83.1 Å². The number of alkyl halides is 1. The number of nitrogens with two attached hydrogens (primary N) is 1. The van der Waals surface area contributed by atoms with Crippen molar-refractivity contribution in [1.29, 1.82) is 0 Å². The number of methoxy groups -OCH3 is 1. The van der Waals surface area contributed by atoms with Crippen molar-refractivity contribution < 1.29 is 19.0 Å². The number of nitrogens with zero attached hydrogens (tertiary/aromatic N) is 1. The number of rotatable bonds is 8. The zero-order valence-electron chi connectivity index (χ0n) is 17.1. The Balaban J connectivity index is 1.52. The van der Waals surface area contributed by atoms with Crippen molar-refractivity contribution in [3.8, 4) is 11.5 Å². The Hall–Kier alpha value is -3.32. The van der Waals surface area contributed by atoms with Gasteiger partial charge in [0.2, 0.25) is 0 Å². The molecule has 1 amide bonds. The lowest BCUT2D eigenvalue weighted by Gasteiger charge is -2.08. The van der Waals surface area contributed by atoms with Crippen LogP contribution in [0.2, 0.25) is 0 Å². The van der Waals surface area contributed by atoms with Crippen LogP contribution in [-0.4, -0.2) is 19.0 Å². The molecule has 3 aromatic rings. The van der Waals surface area contributed by atoms with Crippen LogP contribution in [-0.2, 0) is 23.3 Å². The van der Waals surface area contributed by atoms with Gasteiger partial charge in [-0.15, -0.1) is 0 Å². The molecule has 0 bridgehead atoms. The number of hydrogen-bond acceptors (Lipinski definition) is 4. The molecule has 3 aromatic carbocycles. The summed E-state index contributed by atoms with van der Waals surface area (Å²) in [6.07, 6.45) is -0.750. The number of amides is 1. The maximum Gasteiger partial charge on any atom is 0.435 e. The van der Waals surface area contributed by atoms with Crippen molar-refractivity contribution in [2.75, 3.05) is 7.11 Å². The Morgan fingerprint density at radius 2 is 1.58 bits per heavy atom. The molecule has 7 heteroatoms. The molecule has 0 atom stereocenters. The zero-order chi connectivity index (χ0) is 22.1. The zero-order valence-corrected chi connectivity index (χ0v) is 18.7. The fraction of sp³-hybridized carbons (Fsp3) is 0.167. The predicted molar refractivity (Wildman–Crippen MR) is 124 cm³/mol. The third-order valence-electron chi connectivity index (χ3n) is 4.43. The van der Waals surface area contributed by atoms with Crippen molar-refractivity contribution in [2.45, 2.75) is 18.5 Å². The lowest BCUT2D eigenvalue weighted by Crippen LogP contribution is -2.16. The molecule has 0 aliphatic rings. The van der Waals surface area contributed by atoms with Crippen molar-refractivity contribution >= 4 is 27.9 Å². The summed E-state index contributed by atoms with van der Waals surface area (Å²) in [6.45, 7) is 0.560. The molecule has 31 heavy (non-hydrogen) atoms. The second kappa shape index (κ2) is 11.2. The van der Waals surface area contributed by atoms with Gasteiger partial charge < -0.3 is 19.9 Å². The van der Waals surface area contributed by atoms with Crippen LogP contribution in [0.3, 0.4) is 0 Å². The summed E-state index contributed by atoms with van der Waals surface area (Å²) in [5.74, 6) is 1.51. The van der Waals surface area contributed by atoms with Crippen LogP contribution in [0.5, 0.6) is 11.5 Å². The predicted octanol–water partition coefficient (Wildman–Crippen LogP) is 5.21. The molecule has 3 rings (SSSR count). The van der Waals surface area contributed by atoms with E-state index in [9.17, 15) is 4.79 Å². The molecule has 0 aliphatic heterocycles. The number of carbonyl (C=O) groups excluding carboxylic acids is 1. The largest absolute Gasteiger partial charge is 0.497 e. The van der Waals surface area contributed by atoms with Gasteiger partial charge in [-0.05, 0) is 53.1 Å². The highest BCUT2D eigenvalue weighted by Crippen LogP contribution is 2.16. The van der Waals surface area contributed by atoms with Gasteiger partial charge in [0.25, 0.3) is 0 Å². The van der Waals surface area contributed by atoms with Gasteiger partial charge in [-0.2, -0.15) is 4.99 Å². The minimum absolute atomic E-state index is 0.0799. The Bertz CT molecular complexity index is 1030. The third kappa shape index (κ3) is 6.86. The Labute approximate surface area is 189 Å². The third-order valence-corrected chi connectivity index (χ3v) is 5.08. The number of ether oxygens (including phenoxy) is 3. The summed E-state index contributed by atoms with van der Waals surface area (Å²) in [5.41, 5.74) is 9.65. The van der Waals surface area contributed by atoms with Crippen LogP contribution in [0, 0.1) is 0 Å². The molecular weight excluding hydrogens is 460 g/mol. The highest BCUT2D eigenvalue weighted by molar-refractivity contribution is 9.08. The monoisotopic (exact) mass is 482 g/mol. The van der Waals surface area contributed by atoms with Crippen molar-refractivity contribution in [3.63, 3.8) is 0 Å². The van der Waals surface area contributed by atoms with Gasteiger partial charge in [0.05, 0.1) is 7.11 Å². The highest BCUT2D eigenvalue weighted by atomic mass is 79.9. The number of halogens is 1. The molecule has 0 saturated heterocycles. The molecule has 0 aliphatic carbocycles. The standard InChI is InChI=1S/C24H23BrN2O4/c1-29-21-9-5-17(6-10-21)15-31-24(28)27-23(26)20-7-11-22(12-8-20)30-16-19-4-2-3-18(13-19)14-25/h2-13H,14-16H2,1H3,(H2,26,27,28). The van der Waals surface area contributed by atoms with Crippen LogP contribution in [0.4, 0.5) is 4.79 Å². The van der Waals surface area contributed by atoms with E-state index in [1.54, 1.807) is 43.5 Å². The molecule has 0 heterocycles. The number of amidine groups is 1. The maximum absolute atomic E-state index is 12.0. The Morgan fingerprint density at radius 3 is 2.26 bits per heavy atom. The first-order valence-corrected chi connectivity index (χ1v) is 10.7. The number of benzene rings is 3. The number of hydrogen-bond donors (Lipinski definition) is 1. The molecule has 0 spiro atoms. The lowest BCUT2D eigenvalue weighted by molar-refractivity contribution is 0.151. The van der Waals surface area contributed by atoms with Crippen molar-refractivity contribution in [3.05, 3.63) is 95.1 Å². The highest BCUT2D eigenvalue weighted by Gasteiger charge is 2.06. The van der Waals surface area contributed by atoms with E-state index in [0.717, 1.165) is 22.2 Å². The summed E-state index contributed by atoms with van der Waals surface area (Å²) in [4.78, 5) is 15.8. The lowest BCUT2D eigenvalue weighted by atomic mass is 10.1. The van der Waals surface area contributed by atoms with E-state index >= 15 is 0 Å². The molecule has 0 radical (unpaired) electrons. The van der Waals surface area contributed by atoms with Crippen LogP contribution < -0.4 is 15.2 Å². The van der Waals surface area contributed by atoms with E-state index in [-0.39, 0.29) is 12.4 Å². The first kappa shape index (κ1) is 22.4. The molecule has 2 N–H and O–H groups in total. The smallest absolute Gasteiger partial charge is 0.435 e. The first-order chi connectivity index (χ1) is 15.1. The van der Waals surface area contributed by atoms with E-state index in [0.29, 0.717) is 17.9 Å². The quantitative estimate of drug-likeness (QED) is 0.270. The van der Waals surface area contributed by atoms with Crippen LogP contribution >= 0.6 is 15.9 Å². The van der Waals surface area contributed by atoms with E-state index in [4.69, 9.17) is 19.9 Å². The molecular formula is C24H23BrN2O4. The summed E-state index contributed by atoms with van der Waals surface area (Å²) in [6, 6.07) is 22.4. The van der Waals surface area contributed by atoms with E-state index in [2.05, 4.69) is 33.1 Å². The minimum Gasteiger partial charge on any atom is -0.497 e. The molecule has 160 valence electrons. The molecule has 0 fully saturated rings. The molecule has 0 aromatic heterocycles. The molecule has 0 saturated carbocycles. The van der Waals surface area contributed by atoms with Gasteiger partial charge in [-0.1, -0.05) is 52.3 Å². The van der Waals surface area contributed by atoms with Gasteiger partial charge in [0.15, 0.2) is 0 Å². The van der Waals surface area contributed by atoms with Crippen LogP contribution in [0.1, 0.15) is 22.3 Å². The second-order valence-electron chi connectivity index (χ2n) is 6.67. The average Bonchev–Trinajstić information content (AvgIpc) is 2.82. The van der Waals surface area contributed by atoms with Gasteiger partial charge in [0, 0.05) is 10.9 Å². The van der Waals surface area contributed by atoms with Crippen LogP contribution in [0.25, 0.3) is 0 Å². The summed E-state index contributed by atoms with van der Waals surface area (Å²) in [5, 5.41) is 0.802. The van der Waals surface area contributed by atoms with Crippen LogP contribution in [0.15, 0.2) is 77.8 Å². The first-order valence-electron chi connectivity index (χ1n) is 9.58. The second-order valence-corrected chi connectivity index (χ2v) is 7.23. The normalized spacial score (nSPS) is 11.1. The van der Waals surface area contributed by atoms with E-state index < -0.39 is 6.09 Å². The molecule has 6 nitrogen and oxygen atoms in total. The minimum atomic E-state index is -0.750. The van der Waals surface area contributed by atoms with Gasteiger partial charge >= 0.3 is 6.09 Å². The van der Waals surface area contributed by atoms with Crippen molar-refractivity contribution in [1.82, 2.24) is 0 Å². The fourth-order valence-corrected chi connectivity index (χ4v) is 3.10.